The van der Waals surface area contributed by atoms with E-state index in [0.29, 0.717) is 41.7 Å². The molecule has 0 bridgehead atoms. The number of nitrogens with one attached hydrogen (secondary N) is 1. The van der Waals surface area contributed by atoms with E-state index >= 15 is 0 Å². The summed E-state index contributed by atoms with van der Waals surface area (Å²) < 4.78 is 15.8. The maximum atomic E-state index is 12.4. The number of nitrogens with zero attached hydrogens (tertiary/aromatic N) is 2. The summed E-state index contributed by atoms with van der Waals surface area (Å²) >= 11 is 0. The Bertz CT molecular complexity index is 951. The van der Waals surface area contributed by atoms with Crippen molar-refractivity contribution in [2.75, 3.05) is 13.1 Å². The van der Waals surface area contributed by atoms with Gasteiger partial charge in [0.15, 0.2) is 11.5 Å². The van der Waals surface area contributed by atoms with Gasteiger partial charge in [-0.1, -0.05) is 0 Å². The molecule has 3 aromatic heterocycles. The van der Waals surface area contributed by atoms with Gasteiger partial charge in [-0.05, 0) is 19.1 Å². The van der Waals surface area contributed by atoms with Crippen LogP contribution in [-0.2, 0) is 0 Å². The minimum atomic E-state index is -0.454. The highest BCUT2D eigenvalue weighted by Crippen LogP contribution is 2.22. The number of aromatic amines is 1. The highest BCUT2D eigenvalue weighted by molar-refractivity contribution is 5.93. The van der Waals surface area contributed by atoms with Crippen LogP contribution in [0.4, 0.5) is 0 Å². The lowest BCUT2D eigenvalue weighted by Gasteiger charge is -2.38. The van der Waals surface area contributed by atoms with Crippen LogP contribution in [0.25, 0.3) is 11.5 Å². The fraction of sp³-hybridized carbons (Fsp3) is 0.235. The summed E-state index contributed by atoms with van der Waals surface area (Å²) in [4.78, 5) is 25.4. The van der Waals surface area contributed by atoms with Crippen molar-refractivity contribution < 1.29 is 18.4 Å². The molecule has 8 nitrogen and oxygen atoms in total. The Morgan fingerprint density at radius 1 is 1.36 bits per heavy atom. The van der Waals surface area contributed by atoms with Gasteiger partial charge >= 0.3 is 5.63 Å². The molecule has 1 aliphatic rings. The highest BCUT2D eigenvalue weighted by Gasteiger charge is 2.34. The molecule has 0 aliphatic carbocycles. The Balaban J connectivity index is 1.37. The van der Waals surface area contributed by atoms with Crippen molar-refractivity contribution >= 4 is 5.91 Å². The summed E-state index contributed by atoms with van der Waals surface area (Å²) in [5, 5.41) is 6.82. The molecule has 1 fully saturated rings. The van der Waals surface area contributed by atoms with E-state index in [4.69, 9.17) is 13.6 Å². The molecule has 0 aromatic carbocycles. The van der Waals surface area contributed by atoms with Gasteiger partial charge in [0.2, 0.25) is 0 Å². The number of rotatable bonds is 4. The lowest BCUT2D eigenvalue weighted by atomic mass is 10.1. The summed E-state index contributed by atoms with van der Waals surface area (Å²) in [5.74, 6) is 1.37. The number of amides is 1. The Hall–Kier alpha value is -3.29. The minimum absolute atomic E-state index is 0.159. The number of aryl methyl sites for hydroxylation is 1. The van der Waals surface area contributed by atoms with Crippen LogP contribution in [0.3, 0.4) is 0 Å². The van der Waals surface area contributed by atoms with Crippen LogP contribution < -0.4 is 10.4 Å². The molecule has 0 spiro atoms. The third kappa shape index (κ3) is 3.06. The van der Waals surface area contributed by atoms with Crippen LogP contribution in [0.2, 0.25) is 0 Å². The van der Waals surface area contributed by atoms with Crippen LogP contribution in [0.5, 0.6) is 5.75 Å². The summed E-state index contributed by atoms with van der Waals surface area (Å²) in [6.07, 6.45) is 1.40. The lowest BCUT2D eigenvalue weighted by Crippen LogP contribution is -2.56. The number of hydrogen-bond donors (Lipinski definition) is 1. The summed E-state index contributed by atoms with van der Waals surface area (Å²) in [6.45, 7) is 2.54. The molecule has 4 heterocycles. The van der Waals surface area contributed by atoms with Gasteiger partial charge in [-0.2, -0.15) is 5.10 Å². The monoisotopic (exact) mass is 341 g/mol. The molecule has 1 amide bonds. The number of hydrogen-bond acceptors (Lipinski definition) is 6. The highest BCUT2D eigenvalue weighted by atomic mass is 16.5. The normalized spacial score (nSPS) is 14.4. The average molecular weight is 341 g/mol. The second kappa shape index (κ2) is 5.97. The van der Waals surface area contributed by atoms with Gasteiger partial charge in [-0.25, -0.2) is 4.79 Å². The van der Waals surface area contributed by atoms with E-state index < -0.39 is 5.63 Å². The molecule has 25 heavy (non-hydrogen) atoms. The molecule has 4 rings (SSSR count). The van der Waals surface area contributed by atoms with Crippen LogP contribution in [0, 0.1) is 6.92 Å². The van der Waals surface area contributed by atoms with E-state index in [0.717, 1.165) is 0 Å². The number of carbonyl (C=O) groups excluding carboxylic acids is 1. The number of aromatic nitrogens is 2. The first-order chi connectivity index (χ1) is 12.1. The smallest absolute Gasteiger partial charge is 0.339 e. The molecule has 0 saturated carbocycles. The summed E-state index contributed by atoms with van der Waals surface area (Å²) in [5.41, 5.74) is 0.512. The van der Waals surface area contributed by atoms with Gasteiger partial charge < -0.3 is 18.5 Å². The second-order valence-corrected chi connectivity index (χ2v) is 5.82. The zero-order valence-corrected chi connectivity index (χ0v) is 13.4. The predicted molar refractivity (Wildman–Crippen MR) is 86.3 cm³/mol. The van der Waals surface area contributed by atoms with Gasteiger partial charge in [-0.15, -0.1) is 0 Å². The molecule has 128 valence electrons. The quantitative estimate of drug-likeness (QED) is 0.777. The van der Waals surface area contributed by atoms with Gasteiger partial charge in [0.1, 0.15) is 23.3 Å². The first-order valence-electron chi connectivity index (χ1n) is 7.75. The number of H-pyrrole nitrogens is 1. The number of carbonyl (C=O) groups is 1. The largest absolute Gasteiger partial charge is 0.486 e. The Labute approximate surface area is 142 Å². The second-order valence-electron chi connectivity index (χ2n) is 5.82. The third-order valence-corrected chi connectivity index (χ3v) is 3.89. The standard InChI is InChI=1S/C17H15N3O5/c1-10-5-11(6-16(21)24-10)25-12-8-20(9-12)17(22)14-7-13(18-19-14)15-3-2-4-23-15/h2-7,12H,8-9H2,1H3,(H,18,19). The molecule has 0 atom stereocenters. The molecule has 0 unspecified atom stereocenters. The van der Waals surface area contributed by atoms with Gasteiger partial charge in [0.05, 0.1) is 25.4 Å². The SMILES string of the molecule is Cc1cc(OC2CN(C(=O)c3cc(-c4ccco4)[nH]n3)C2)cc(=O)o1. The van der Waals surface area contributed by atoms with Crippen molar-refractivity contribution in [2.24, 2.45) is 0 Å². The van der Waals surface area contributed by atoms with Crippen LogP contribution >= 0.6 is 0 Å². The fourth-order valence-corrected chi connectivity index (χ4v) is 2.67. The van der Waals surface area contributed by atoms with Crippen LogP contribution in [-0.4, -0.2) is 40.2 Å². The number of likely N-dealkylation sites (tertiary alicyclic amines) is 1. The third-order valence-electron chi connectivity index (χ3n) is 3.89. The Morgan fingerprint density at radius 2 is 2.20 bits per heavy atom. The van der Waals surface area contributed by atoms with E-state index in [1.807, 2.05) is 0 Å². The van der Waals surface area contributed by atoms with Gasteiger partial charge in [0.25, 0.3) is 5.91 Å². The maximum absolute atomic E-state index is 12.4. The van der Waals surface area contributed by atoms with E-state index in [-0.39, 0.29) is 12.0 Å². The van der Waals surface area contributed by atoms with E-state index in [2.05, 4.69) is 10.2 Å². The number of furan rings is 1. The predicted octanol–water partition coefficient (Wildman–Crippen LogP) is 1.83. The first kappa shape index (κ1) is 15.3. The molecule has 8 heteroatoms. The van der Waals surface area contributed by atoms with E-state index in [9.17, 15) is 9.59 Å². The number of ether oxygens (including phenoxy) is 1. The average Bonchev–Trinajstić information content (AvgIpc) is 3.19. The van der Waals surface area contributed by atoms with Crippen molar-refractivity contribution in [1.29, 1.82) is 0 Å². The first-order valence-corrected chi connectivity index (χ1v) is 7.75. The lowest BCUT2D eigenvalue weighted by molar-refractivity contribution is 0.0170. The van der Waals surface area contributed by atoms with Crippen molar-refractivity contribution in [1.82, 2.24) is 15.1 Å². The van der Waals surface area contributed by atoms with Crippen molar-refractivity contribution in [2.45, 2.75) is 13.0 Å². The summed E-state index contributed by atoms with van der Waals surface area (Å²) in [7, 11) is 0. The maximum Gasteiger partial charge on any atom is 0.339 e. The van der Waals surface area contributed by atoms with Crippen LogP contribution in [0.15, 0.2) is 50.2 Å². The molecular weight excluding hydrogens is 326 g/mol. The molecule has 0 radical (unpaired) electrons. The fourth-order valence-electron chi connectivity index (χ4n) is 2.67. The molecule has 1 saturated heterocycles. The Morgan fingerprint density at radius 3 is 2.92 bits per heavy atom. The van der Waals surface area contributed by atoms with Crippen molar-refractivity contribution in [3.63, 3.8) is 0 Å². The van der Waals surface area contributed by atoms with Gasteiger partial charge in [-0.3, -0.25) is 9.89 Å². The molecule has 1 N–H and O–H groups in total. The molecule has 1 aliphatic heterocycles. The van der Waals surface area contributed by atoms with Crippen molar-refractivity contribution in [3.8, 4) is 17.2 Å². The van der Waals surface area contributed by atoms with Crippen LogP contribution in [0.1, 0.15) is 16.2 Å². The molecule has 3 aromatic rings. The minimum Gasteiger partial charge on any atom is -0.486 e. The molecular formula is C17H15N3O5. The van der Waals surface area contributed by atoms with E-state index in [1.54, 1.807) is 42.4 Å². The Kier molecular flexibility index (Phi) is 3.64. The summed E-state index contributed by atoms with van der Waals surface area (Å²) in [6, 6.07) is 8.14. The van der Waals surface area contributed by atoms with E-state index in [1.165, 1.54) is 6.07 Å². The topological polar surface area (TPSA) is 102 Å². The zero-order valence-electron chi connectivity index (χ0n) is 13.4. The van der Waals surface area contributed by atoms with Crippen molar-refractivity contribution in [3.05, 3.63) is 58.5 Å². The zero-order chi connectivity index (χ0) is 17.4. The van der Waals surface area contributed by atoms with Gasteiger partial charge in [0, 0.05) is 12.1 Å².